The summed E-state index contributed by atoms with van der Waals surface area (Å²) in [5.41, 5.74) is 2.54. The first kappa shape index (κ1) is 17.8. The zero-order valence-electron chi connectivity index (χ0n) is 15.2. The maximum Gasteiger partial charge on any atom is 0.123 e. The van der Waals surface area contributed by atoms with Gasteiger partial charge in [0.15, 0.2) is 0 Å². The molecule has 0 amide bonds. The molecule has 2 aromatic carbocycles. The van der Waals surface area contributed by atoms with Crippen LogP contribution in [0.15, 0.2) is 48.5 Å². The van der Waals surface area contributed by atoms with E-state index in [9.17, 15) is 0 Å². The number of likely N-dealkylation sites (tertiary alicyclic amines) is 1. The standard InChI is InChI=1S/C21H28N2O2/c1-24-19-11-9-17(10-12-19)20(23-13-5-6-14-23)16-22-15-18-7-3-4-8-21(18)25-2/h3-4,7-12,20,22H,5-6,13-16H2,1-2H3. The molecule has 134 valence electrons. The quantitative estimate of drug-likeness (QED) is 0.796. The van der Waals surface area contributed by atoms with Gasteiger partial charge >= 0.3 is 0 Å². The van der Waals surface area contributed by atoms with Crippen molar-refractivity contribution in [3.05, 3.63) is 59.7 Å². The lowest BCUT2D eigenvalue weighted by molar-refractivity contribution is 0.238. The van der Waals surface area contributed by atoms with Crippen molar-refractivity contribution in [3.63, 3.8) is 0 Å². The Kier molecular flexibility index (Phi) is 6.31. The van der Waals surface area contributed by atoms with Gasteiger partial charge in [0.05, 0.1) is 14.2 Å². The van der Waals surface area contributed by atoms with Crippen molar-refractivity contribution >= 4 is 0 Å². The van der Waals surface area contributed by atoms with E-state index in [4.69, 9.17) is 9.47 Å². The first-order chi connectivity index (χ1) is 12.3. The molecule has 0 aromatic heterocycles. The van der Waals surface area contributed by atoms with E-state index in [1.807, 2.05) is 12.1 Å². The normalized spacial score (nSPS) is 15.9. The van der Waals surface area contributed by atoms with Crippen LogP contribution in [0.5, 0.6) is 11.5 Å². The Morgan fingerprint density at radius 3 is 2.36 bits per heavy atom. The van der Waals surface area contributed by atoms with E-state index in [0.29, 0.717) is 6.04 Å². The van der Waals surface area contributed by atoms with Crippen LogP contribution in [0.2, 0.25) is 0 Å². The lowest BCUT2D eigenvalue weighted by Crippen LogP contribution is -2.34. The van der Waals surface area contributed by atoms with Gasteiger partial charge in [-0.1, -0.05) is 30.3 Å². The van der Waals surface area contributed by atoms with Crippen molar-refractivity contribution in [3.8, 4) is 11.5 Å². The first-order valence-corrected chi connectivity index (χ1v) is 9.02. The highest BCUT2D eigenvalue weighted by molar-refractivity contribution is 5.33. The van der Waals surface area contributed by atoms with Crippen LogP contribution in [0, 0.1) is 0 Å². The van der Waals surface area contributed by atoms with E-state index in [-0.39, 0.29) is 0 Å². The molecule has 1 atom stereocenters. The molecule has 0 bridgehead atoms. The number of hydrogen-bond acceptors (Lipinski definition) is 4. The van der Waals surface area contributed by atoms with Crippen molar-refractivity contribution in [1.29, 1.82) is 0 Å². The second kappa shape index (κ2) is 8.88. The first-order valence-electron chi connectivity index (χ1n) is 9.02. The van der Waals surface area contributed by atoms with Crippen molar-refractivity contribution in [1.82, 2.24) is 10.2 Å². The van der Waals surface area contributed by atoms with Gasteiger partial charge in [-0.25, -0.2) is 0 Å². The third kappa shape index (κ3) is 4.53. The molecule has 1 aliphatic heterocycles. The van der Waals surface area contributed by atoms with E-state index in [0.717, 1.165) is 24.6 Å². The number of hydrogen-bond donors (Lipinski definition) is 1. The summed E-state index contributed by atoms with van der Waals surface area (Å²) in [5.74, 6) is 1.85. The summed E-state index contributed by atoms with van der Waals surface area (Å²) in [5, 5.41) is 3.63. The van der Waals surface area contributed by atoms with Gasteiger partial charge in [-0.2, -0.15) is 0 Å². The largest absolute Gasteiger partial charge is 0.497 e. The summed E-state index contributed by atoms with van der Waals surface area (Å²) in [4.78, 5) is 2.58. The maximum atomic E-state index is 5.45. The third-order valence-electron chi connectivity index (χ3n) is 4.93. The molecule has 2 aromatic rings. The van der Waals surface area contributed by atoms with Gasteiger partial charge in [0.2, 0.25) is 0 Å². The third-order valence-corrected chi connectivity index (χ3v) is 4.93. The van der Waals surface area contributed by atoms with Gasteiger partial charge in [-0.3, -0.25) is 4.90 Å². The number of rotatable bonds is 8. The van der Waals surface area contributed by atoms with Crippen LogP contribution in [0.1, 0.15) is 30.0 Å². The van der Waals surface area contributed by atoms with Crippen LogP contribution in [-0.2, 0) is 6.54 Å². The van der Waals surface area contributed by atoms with Crippen LogP contribution in [0.25, 0.3) is 0 Å². The molecule has 3 rings (SSSR count). The van der Waals surface area contributed by atoms with Crippen molar-refractivity contribution < 1.29 is 9.47 Å². The zero-order chi connectivity index (χ0) is 17.5. The summed E-state index contributed by atoms with van der Waals surface area (Å²) in [6.45, 7) is 4.08. The molecule has 0 radical (unpaired) electrons. The number of ether oxygens (including phenoxy) is 2. The van der Waals surface area contributed by atoms with Crippen LogP contribution in [0.3, 0.4) is 0 Å². The van der Waals surface area contributed by atoms with Crippen molar-refractivity contribution in [2.45, 2.75) is 25.4 Å². The van der Waals surface area contributed by atoms with E-state index in [1.165, 1.54) is 37.1 Å². The second-order valence-electron chi connectivity index (χ2n) is 6.47. The van der Waals surface area contributed by atoms with Crippen LogP contribution in [0.4, 0.5) is 0 Å². The molecule has 1 aliphatic rings. The summed E-state index contributed by atoms with van der Waals surface area (Å²) in [6.07, 6.45) is 2.58. The summed E-state index contributed by atoms with van der Waals surface area (Å²) < 4.78 is 10.7. The summed E-state index contributed by atoms with van der Waals surface area (Å²) in [7, 11) is 3.44. The molecule has 4 heteroatoms. The molecule has 25 heavy (non-hydrogen) atoms. The van der Waals surface area contributed by atoms with Gasteiger partial charge in [0.25, 0.3) is 0 Å². The van der Waals surface area contributed by atoms with Gasteiger partial charge in [-0.05, 0) is 49.7 Å². The fourth-order valence-electron chi connectivity index (χ4n) is 3.53. The van der Waals surface area contributed by atoms with Crippen LogP contribution >= 0.6 is 0 Å². The Hall–Kier alpha value is -2.04. The molecule has 4 nitrogen and oxygen atoms in total. The molecule has 0 aliphatic carbocycles. The molecular formula is C21H28N2O2. The van der Waals surface area contributed by atoms with E-state index in [1.54, 1.807) is 14.2 Å². The van der Waals surface area contributed by atoms with Gasteiger partial charge < -0.3 is 14.8 Å². The summed E-state index contributed by atoms with van der Waals surface area (Å²) >= 11 is 0. The highest BCUT2D eigenvalue weighted by Crippen LogP contribution is 2.26. The number of methoxy groups -OCH3 is 2. The average molecular weight is 340 g/mol. The van der Waals surface area contributed by atoms with Gasteiger partial charge in [0.1, 0.15) is 11.5 Å². The molecule has 0 saturated carbocycles. The SMILES string of the molecule is COc1ccc(C(CNCc2ccccc2OC)N2CCCC2)cc1. The van der Waals surface area contributed by atoms with Gasteiger partial charge in [0, 0.05) is 24.7 Å². The van der Waals surface area contributed by atoms with E-state index < -0.39 is 0 Å². The Morgan fingerprint density at radius 1 is 0.960 bits per heavy atom. The molecule has 0 spiro atoms. The molecule has 1 unspecified atom stereocenters. The maximum absolute atomic E-state index is 5.45. The molecule has 1 heterocycles. The Bertz CT molecular complexity index is 651. The minimum absolute atomic E-state index is 0.392. The van der Waals surface area contributed by atoms with Crippen LogP contribution in [-0.4, -0.2) is 38.8 Å². The lowest BCUT2D eigenvalue weighted by Gasteiger charge is -2.28. The van der Waals surface area contributed by atoms with Gasteiger partial charge in [-0.15, -0.1) is 0 Å². The molecular weight excluding hydrogens is 312 g/mol. The number of benzene rings is 2. The fourth-order valence-corrected chi connectivity index (χ4v) is 3.53. The predicted molar refractivity (Wildman–Crippen MR) is 101 cm³/mol. The monoisotopic (exact) mass is 340 g/mol. The predicted octanol–water partition coefficient (Wildman–Crippen LogP) is 3.63. The van der Waals surface area contributed by atoms with Crippen LogP contribution < -0.4 is 14.8 Å². The molecule has 1 N–H and O–H groups in total. The minimum Gasteiger partial charge on any atom is -0.497 e. The molecule has 1 saturated heterocycles. The topological polar surface area (TPSA) is 33.7 Å². The fraction of sp³-hybridized carbons (Fsp3) is 0.429. The highest BCUT2D eigenvalue weighted by Gasteiger charge is 2.23. The minimum atomic E-state index is 0.392. The Balaban J connectivity index is 1.67. The average Bonchev–Trinajstić information content (AvgIpc) is 3.20. The number of nitrogens with one attached hydrogen (secondary N) is 1. The van der Waals surface area contributed by atoms with Crippen molar-refractivity contribution in [2.75, 3.05) is 33.9 Å². The van der Waals surface area contributed by atoms with E-state index in [2.05, 4.69) is 46.6 Å². The van der Waals surface area contributed by atoms with Crippen molar-refractivity contribution in [2.24, 2.45) is 0 Å². The number of para-hydroxylation sites is 1. The summed E-state index contributed by atoms with van der Waals surface area (Å²) in [6, 6.07) is 17.1. The lowest BCUT2D eigenvalue weighted by atomic mass is 10.0. The van der Waals surface area contributed by atoms with E-state index >= 15 is 0 Å². The highest BCUT2D eigenvalue weighted by atomic mass is 16.5. The Morgan fingerprint density at radius 2 is 1.68 bits per heavy atom. The zero-order valence-corrected chi connectivity index (χ0v) is 15.2. The smallest absolute Gasteiger partial charge is 0.123 e. The second-order valence-corrected chi connectivity index (χ2v) is 6.47. The number of nitrogens with zero attached hydrogens (tertiary/aromatic N) is 1. The Labute approximate surface area is 150 Å². The molecule has 1 fully saturated rings.